The molecule has 0 bridgehead atoms. The molecule has 0 aliphatic heterocycles. The van der Waals surface area contributed by atoms with Crippen molar-refractivity contribution in [3.05, 3.63) is 95.1 Å². The van der Waals surface area contributed by atoms with Crippen LogP contribution in [0.5, 0.6) is 0 Å². The van der Waals surface area contributed by atoms with Crippen LogP contribution < -0.4 is 9.62 Å². The summed E-state index contributed by atoms with van der Waals surface area (Å²) in [6.45, 7) is 10.7. The first-order valence-corrected chi connectivity index (χ1v) is 14.1. The van der Waals surface area contributed by atoms with E-state index in [1.807, 2.05) is 58.0 Å². The Morgan fingerprint density at radius 2 is 1.39 bits per heavy atom. The normalized spacial score (nSPS) is 12.2. The number of hydrogen-bond acceptors (Lipinski definition) is 4. The Labute approximate surface area is 226 Å². The highest BCUT2D eigenvalue weighted by atomic mass is 32.2. The molecule has 0 spiro atoms. The lowest BCUT2D eigenvalue weighted by molar-refractivity contribution is -0.139. The second kappa shape index (κ2) is 12.3. The van der Waals surface area contributed by atoms with Gasteiger partial charge in [-0.1, -0.05) is 60.2 Å². The molecule has 1 unspecified atom stereocenters. The maximum atomic E-state index is 14.0. The number of nitrogens with zero attached hydrogens (tertiary/aromatic N) is 2. The Morgan fingerprint density at radius 3 is 1.97 bits per heavy atom. The van der Waals surface area contributed by atoms with E-state index in [1.165, 1.54) is 4.90 Å². The van der Waals surface area contributed by atoms with E-state index in [1.54, 1.807) is 56.3 Å². The molecule has 0 aliphatic rings. The molecule has 202 valence electrons. The largest absolute Gasteiger partial charge is 0.352 e. The average Bonchev–Trinajstić information content (AvgIpc) is 2.86. The quantitative estimate of drug-likeness (QED) is 0.406. The molecule has 1 atom stereocenters. The van der Waals surface area contributed by atoms with Crippen LogP contribution in [0.1, 0.15) is 43.0 Å². The van der Waals surface area contributed by atoms with Gasteiger partial charge >= 0.3 is 0 Å². The molecule has 7 nitrogen and oxygen atoms in total. The van der Waals surface area contributed by atoms with Gasteiger partial charge in [-0.15, -0.1) is 0 Å². The first-order valence-electron chi connectivity index (χ1n) is 12.7. The van der Waals surface area contributed by atoms with Crippen molar-refractivity contribution in [2.75, 3.05) is 10.8 Å². The number of amides is 2. The van der Waals surface area contributed by atoms with Crippen LogP contribution in [0, 0.1) is 20.8 Å². The fraction of sp³-hybridized carbons (Fsp3) is 0.333. The second-order valence-electron chi connectivity index (χ2n) is 9.90. The number of para-hydroxylation sites is 1. The molecule has 0 aliphatic carbocycles. The van der Waals surface area contributed by atoms with Gasteiger partial charge in [-0.05, 0) is 76.4 Å². The number of hydrogen-bond donors (Lipinski definition) is 1. The molecule has 8 heteroatoms. The van der Waals surface area contributed by atoms with E-state index < -0.39 is 28.5 Å². The zero-order valence-electron chi connectivity index (χ0n) is 22.9. The van der Waals surface area contributed by atoms with Crippen molar-refractivity contribution in [2.45, 2.75) is 65.1 Å². The van der Waals surface area contributed by atoms with Gasteiger partial charge in [0.25, 0.3) is 10.0 Å². The molecular weight excluding hydrogens is 498 g/mol. The molecule has 0 saturated carbocycles. The summed E-state index contributed by atoms with van der Waals surface area (Å²) in [5.74, 6) is -0.774. The molecule has 0 fully saturated rings. The minimum absolute atomic E-state index is 0.0928. The molecule has 2 amide bonds. The highest BCUT2D eigenvalue weighted by Crippen LogP contribution is 2.27. The molecule has 0 aromatic heterocycles. The number of carbonyl (C=O) groups is 2. The zero-order chi connectivity index (χ0) is 28.0. The second-order valence-corrected chi connectivity index (χ2v) is 11.8. The van der Waals surface area contributed by atoms with Crippen molar-refractivity contribution in [1.29, 1.82) is 0 Å². The van der Waals surface area contributed by atoms with Crippen LogP contribution in [0.15, 0.2) is 77.7 Å². The van der Waals surface area contributed by atoms with Gasteiger partial charge in [-0.3, -0.25) is 13.9 Å². The predicted octanol–water partition coefficient (Wildman–Crippen LogP) is 4.75. The number of nitrogens with one attached hydrogen (secondary N) is 1. The third-order valence-corrected chi connectivity index (χ3v) is 8.25. The lowest BCUT2D eigenvalue weighted by atomic mass is 10.1. The molecule has 0 radical (unpaired) electrons. The van der Waals surface area contributed by atoms with E-state index in [4.69, 9.17) is 0 Å². The number of benzene rings is 3. The summed E-state index contributed by atoms with van der Waals surface area (Å²) in [5.41, 5.74) is 3.92. The molecule has 1 N–H and O–H groups in total. The highest BCUT2D eigenvalue weighted by molar-refractivity contribution is 7.92. The van der Waals surface area contributed by atoms with Crippen molar-refractivity contribution in [1.82, 2.24) is 10.2 Å². The first kappa shape index (κ1) is 28.9. The van der Waals surface area contributed by atoms with Gasteiger partial charge in [0.1, 0.15) is 12.6 Å². The van der Waals surface area contributed by atoms with E-state index in [-0.39, 0.29) is 23.4 Å². The minimum atomic E-state index is -4.08. The van der Waals surface area contributed by atoms with Gasteiger partial charge in [0, 0.05) is 12.6 Å². The summed E-state index contributed by atoms with van der Waals surface area (Å²) in [6.07, 6.45) is 0. The lowest BCUT2D eigenvalue weighted by Crippen LogP contribution is -2.52. The monoisotopic (exact) mass is 535 g/mol. The summed E-state index contributed by atoms with van der Waals surface area (Å²) in [4.78, 5) is 28.5. The molecule has 3 rings (SSSR count). The van der Waals surface area contributed by atoms with Crippen molar-refractivity contribution in [3.8, 4) is 0 Å². The molecule has 38 heavy (non-hydrogen) atoms. The number of carbonyl (C=O) groups excluding carboxylic acids is 2. The van der Waals surface area contributed by atoms with E-state index in [0.29, 0.717) is 11.3 Å². The van der Waals surface area contributed by atoms with Crippen LogP contribution in [0.4, 0.5) is 5.69 Å². The van der Waals surface area contributed by atoms with E-state index in [0.717, 1.165) is 21.0 Å². The zero-order valence-corrected chi connectivity index (χ0v) is 23.7. The molecular formula is C30H37N3O4S. The summed E-state index contributed by atoms with van der Waals surface area (Å²) in [5, 5.41) is 2.87. The van der Waals surface area contributed by atoms with Crippen molar-refractivity contribution < 1.29 is 18.0 Å². The summed E-state index contributed by atoms with van der Waals surface area (Å²) in [7, 11) is -4.08. The van der Waals surface area contributed by atoms with Crippen LogP contribution in [0.25, 0.3) is 0 Å². The SMILES string of the molecule is Cc1ccc(S(=O)(=O)N(CC(=O)N(Cc2ccccc2C)C(C)C(=O)NC(C)C)c2ccccc2C)cc1. The smallest absolute Gasteiger partial charge is 0.264 e. The van der Waals surface area contributed by atoms with Gasteiger partial charge in [0.05, 0.1) is 10.6 Å². The Morgan fingerprint density at radius 1 is 0.816 bits per heavy atom. The summed E-state index contributed by atoms with van der Waals surface area (Å²) >= 11 is 0. The standard InChI is InChI=1S/C30H37N3O4S/c1-21(2)31-30(35)25(6)32(19-26-13-9-7-11-23(26)4)29(34)20-33(28-14-10-8-12-24(28)5)38(36,37)27-17-15-22(3)16-18-27/h7-18,21,25H,19-20H2,1-6H3,(H,31,35). The van der Waals surface area contributed by atoms with E-state index in [9.17, 15) is 18.0 Å². The topological polar surface area (TPSA) is 86.8 Å². The first-order chi connectivity index (χ1) is 17.9. The molecule has 0 heterocycles. The van der Waals surface area contributed by atoms with Gasteiger partial charge in [-0.25, -0.2) is 8.42 Å². The summed E-state index contributed by atoms with van der Waals surface area (Å²) < 4.78 is 28.9. The van der Waals surface area contributed by atoms with Gasteiger partial charge in [0.2, 0.25) is 11.8 Å². The maximum Gasteiger partial charge on any atom is 0.264 e. The number of aryl methyl sites for hydroxylation is 3. The third-order valence-electron chi connectivity index (χ3n) is 6.47. The number of anilines is 1. The van der Waals surface area contributed by atoms with Crippen LogP contribution in [-0.4, -0.2) is 43.8 Å². The predicted molar refractivity (Wildman–Crippen MR) is 151 cm³/mol. The number of rotatable bonds is 10. The van der Waals surface area contributed by atoms with Gasteiger partial charge < -0.3 is 10.2 Å². The Kier molecular flexibility index (Phi) is 9.33. The van der Waals surface area contributed by atoms with Gasteiger partial charge in [0.15, 0.2) is 0 Å². The fourth-order valence-corrected chi connectivity index (χ4v) is 5.63. The number of sulfonamides is 1. The van der Waals surface area contributed by atoms with Crippen LogP contribution >= 0.6 is 0 Å². The van der Waals surface area contributed by atoms with Crippen LogP contribution in [0.3, 0.4) is 0 Å². The van der Waals surface area contributed by atoms with Crippen molar-refractivity contribution in [2.24, 2.45) is 0 Å². The van der Waals surface area contributed by atoms with Crippen LogP contribution in [-0.2, 0) is 26.2 Å². The van der Waals surface area contributed by atoms with Crippen LogP contribution in [0.2, 0.25) is 0 Å². The third kappa shape index (κ3) is 6.81. The minimum Gasteiger partial charge on any atom is -0.352 e. The average molecular weight is 536 g/mol. The fourth-order valence-electron chi connectivity index (χ4n) is 4.15. The molecule has 3 aromatic rings. The Hall–Kier alpha value is -3.65. The lowest BCUT2D eigenvalue weighted by Gasteiger charge is -2.33. The van der Waals surface area contributed by atoms with Gasteiger partial charge in [-0.2, -0.15) is 0 Å². The van der Waals surface area contributed by atoms with Crippen molar-refractivity contribution in [3.63, 3.8) is 0 Å². The Balaban J connectivity index is 2.06. The van der Waals surface area contributed by atoms with Crippen molar-refractivity contribution >= 4 is 27.5 Å². The van der Waals surface area contributed by atoms with E-state index in [2.05, 4.69) is 5.32 Å². The van der Waals surface area contributed by atoms with E-state index >= 15 is 0 Å². The Bertz CT molecular complexity index is 1380. The highest BCUT2D eigenvalue weighted by Gasteiger charge is 2.33. The summed E-state index contributed by atoms with van der Waals surface area (Å²) in [6, 6.07) is 20.3. The molecule has 3 aromatic carbocycles. The maximum absolute atomic E-state index is 14.0. The molecule has 0 saturated heterocycles.